The topological polar surface area (TPSA) is 120 Å². The molecule has 0 bridgehead atoms. The van der Waals surface area contributed by atoms with E-state index in [2.05, 4.69) is 4.98 Å². The predicted molar refractivity (Wildman–Crippen MR) is 86.0 cm³/mol. The van der Waals surface area contributed by atoms with Crippen molar-refractivity contribution < 1.29 is 9.90 Å². The number of nitrogen functional groups attached to an aromatic ring is 1. The third-order valence-electron chi connectivity index (χ3n) is 3.41. The fourth-order valence-electron chi connectivity index (χ4n) is 2.24. The molecule has 0 aliphatic heterocycles. The van der Waals surface area contributed by atoms with E-state index in [0.29, 0.717) is 16.2 Å². The zero-order valence-electron chi connectivity index (χ0n) is 12.0. The molecule has 0 unspecified atom stereocenters. The fraction of sp³-hybridized carbons (Fsp3) is 0.143. The highest BCUT2D eigenvalue weighted by molar-refractivity contribution is 7.20. The second-order valence-corrected chi connectivity index (χ2v) is 5.99. The van der Waals surface area contributed by atoms with Crippen LogP contribution in [-0.4, -0.2) is 25.2 Å². The standard InChI is InChI=1S/C14H12N4O4S/c1-17-12-8(4-9(23-12)13(20)21)11(19)18(14(17)22)6-7-2-3-10(15)16-5-7/h2-5H,6H2,1H3,(H2,15,16)(H,20,21). The van der Waals surface area contributed by atoms with Crippen LogP contribution in [0.25, 0.3) is 10.2 Å². The fourth-order valence-corrected chi connectivity index (χ4v) is 3.18. The number of rotatable bonds is 3. The number of pyridine rings is 1. The molecule has 9 heteroatoms. The predicted octanol–water partition coefficient (Wildman–Crippen LogP) is 0.485. The zero-order chi connectivity index (χ0) is 16.7. The Morgan fingerprint density at radius 1 is 1.39 bits per heavy atom. The highest BCUT2D eigenvalue weighted by atomic mass is 32.1. The van der Waals surface area contributed by atoms with Crippen molar-refractivity contribution in [3.8, 4) is 0 Å². The summed E-state index contributed by atoms with van der Waals surface area (Å²) >= 11 is 0.899. The van der Waals surface area contributed by atoms with Crippen LogP contribution in [0.4, 0.5) is 5.82 Å². The molecule has 0 aromatic carbocycles. The van der Waals surface area contributed by atoms with Gasteiger partial charge in [0.25, 0.3) is 5.56 Å². The van der Waals surface area contributed by atoms with Gasteiger partial charge < -0.3 is 10.8 Å². The van der Waals surface area contributed by atoms with E-state index in [1.165, 1.54) is 23.9 Å². The van der Waals surface area contributed by atoms with Crippen LogP contribution in [0.1, 0.15) is 15.2 Å². The van der Waals surface area contributed by atoms with Gasteiger partial charge in [0.15, 0.2) is 0 Å². The molecule has 3 aromatic rings. The highest BCUT2D eigenvalue weighted by Crippen LogP contribution is 2.21. The molecule has 3 aromatic heterocycles. The Morgan fingerprint density at radius 2 is 2.13 bits per heavy atom. The summed E-state index contributed by atoms with van der Waals surface area (Å²) in [5.41, 5.74) is 5.11. The van der Waals surface area contributed by atoms with Crippen LogP contribution in [0.15, 0.2) is 34.0 Å². The maximum Gasteiger partial charge on any atom is 0.345 e. The van der Waals surface area contributed by atoms with Gasteiger partial charge in [0, 0.05) is 13.2 Å². The van der Waals surface area contributed by atoms with Crippen molar-refractivity contribution in [3.05, 3.63) is 55.7 Å². The number of hydrogen-bond acceptors (Lipinski definition) is 6. The Kier molecular flexibility index (Phi) is 3.49. The molecule has 0 fully saturated rings. The molecule has 0 atom stereocenters. The molecule has 0 radical (unpaired) electrons. The van der Waals surface area contributed by atoms with Crippen molar-refractivity contribution in [2.75, 3.05) is 5.73 Å². The van der Waals surface area contributed by atoms with Crippen LogP contribution in [0.2, 0.25) is 0 Å². The second-order valence-electron chi connectivity index (χ2n) is 4.96. The molecule has 8 nitrogen and oxygen atoms in total. The van der Waals surface area contributed by atoms with Crippen LogP contribution in [0.3, 0.4) is 0 Å². The molecule has 0 saturated heterocycles. The van der Waals surface area contributed by atoms with Crippen molar-refractivity contribution in [2.24, 2.45) is 7.05 Å². The van der Waals surface area contributed by atoms with Crippen LogP contribution in [-0.2, 0) is 13.6 Å². The Bertz CT molecular complexity index is 1030. The number of anilines is 1. The normalized spacial score (nSPS) is 11.0. The molecule has 3 rings (SSSR count). The average molecular weight is 332 g/mol. The van der Waals surface area contributed by atoms with Gasteiger partial charge in [-0.25, -0.2) is 14.6 Å². The lowest BCUT2D eigenvalue weighted by Crippen LogP contribution is -2.38. The summed E-state index contributed by atoms with van der Waals surface area (Å²) in [4.78, 5) is 40.3. The Balaban J connectivity index is 2.21. The van der Waals surface area contributed by atoms with Crippen LogP contribution in [0.5, 0.6) is 0 Å². The number of nitrogens with zero attached hydrogens (tertiary/aromatic N) is 3. The lowest BCUT2D eigenvalue weighted by atomic mass is 10.2. The monoisotopic (exact) mass is 332 g/mol. The van der Waals surface area contributed by atoms with E-state index in [4.69, 9.17) is 10.8 Å². The van der Waals surface area contributed by atoms with Crippen LogP contribution < -0.4 is 17.0 Å². The van der Waals surface area contributed by atoms with E-state index in [1.54, 1.807) is 12.1 Å². The molecule has 23 heavy (non-hydrogen) atoms. The summed E-state index contributed by atoms with van der Waals surface area (Å²) in [5, 5.41) is 9.27. The minimum Gasteiger partial charge on any atom is -0.477 e. The molecule has 0 spiro atoms. The Morgan fingerprint density at radius 3 is 2.74 bits per heavy atom. The molecule has 0 amide bonds. The molecule has 118 valence electrons. The number of hydrogen-bond donors (Lipinski definition) is 2. The van der Waals surface area contributed by atoms with Crippen molar-refractivity contribution in [1.82, 2.24) is 14.1 Å². The molecular weight excluding hydrogens is 320 g/mol. The van der Waals surface area contributed by atoms with Crippen molar-refractivity contribution in [1.29, 1.82) is 0 Å². The largest absolute Gasteiger partial charge is 0.477 e. The molecule has 3 heterocycles. The van der Waals surface area contributed by atoms with E-state index in [9.17, 15) is 14.4 Å². The van der Waals surface area contributed by atoms with Gasteiger partial charge in [-0.1, -0.05) is 6.07 Å². The Labute approximate surface area is 133 Å². The number of fused-ring (bicyclic) bond motifs is 1. The Hall–Kier alpha value is -2.94. The maximum absolute atomic E-state index is 12.5. The first kappa shape index (κ1) is 15.0. The first-order valence-corrected chi connectivity index (χ1v) is 7.37. The van der Waals surface area contributed by atoms with E-state index < -0.39 is 17.2 Å². The van der Waals surface area contributed by atoms with Gasteiger partial charge >= 0.3 is 11.7 Å². The number of aromatic carboxylic acids is 1. The van der Waals surface area contributed by atoms with E-state index in [1.807, 2.05) is 0 Å². The second kappa shape index (κ2) is 5.36. The van der Waals surface area contributed by atoms with Gasteiger partial charge in [-0.05, 0) is 17.7 Å². The lowest BCUT2D eigenvalue weighted by molar-refractivity contribution is 0.0702. The summed E-state index contributed by atoms with van der Waals surface area (Å²) in [7, 11) is 1.50. The number of thiophene rings is 1. The van der Waals surface area contributed by atoms with Crippen molar-refractivity contribution >= 4 is 33.3 Å². The molecule has 0 aliphatic carbocycles. The molecule has 0 aliphatic rings. The van der Waals surface area contributed by atoms with Gasteiger partial charge in [-0.2, -0.15) is 0 Å². The average Bonchev–Trinajstić information content (AvgIpc) is 2.97. The maximum atomic E-state index is 12.5. The zero-order valence-corrected chi connectivity index (χ0v) is 12.8. The number of nitrogens with two attached hydrogens (primary N) is 1. The number of aromatic nitrogens is 3. The number of carboxylic acid groups (broad SMARTS) is 1. The van der Waals surface area contributed by atoms with Gasteiger partial charge in [0.2, 0.25) is 0 Å². The number of carboxylic acids is 1. The summed E-state index contributed by atoms with van der Waals surface area (Å²) in [6, 6.07) is 4.55. The summed E-state index contributed by atoms with van der Waals surface area (Å²) in [5.74, 6) is -0.791. The van der Waals surface area contributed by atoms with E-state index in [-0.39, 0.29) is 16.8 Å². The third kappa shape index (κ3) is 2.50. The summed E-state index contributed by atoms with van der Waals surface area (Å²) < 4.78 is 2.33. The number of aryl methyl sites for hydroxylation is 1. The summed E-state index contributed by atoms with van der Waals surface area (Å²) in [6.07, 6.45) is 1.49. The van der Waals surface area contributed by atoms with Gasteiger partial charge in [-0.3, -0.25) is 13.9 Å². The molecule has 0 saturated carbocycles. The summed E-state index contributed by atoms with van der Waals surface area (Å²) in [6.45, 7) is 0.0347. The SMILES string of the molecule is Cn1c(=O)n(Cc2ccc(N)nc2)c(=O)c2cc(C(=O)O)sc21. The third-order valence-corrected chi connectivity index (χ3v) is 4.61. The quantitative estimate of drug-likeness (QED) is 0.720. The van der Waals surface area contributed by atoms with Crippen LogP contribution in [0, 0.1) is 0 Å². The first-order chi connectivity index (χ1) is 10.9. The minimum atomic E-state index is -1.13. The molecule has 3 N–H and O–H groups in total. The van der Waals surface area contributed by atoms with Crippen molar-refractivity contribution in [3.63, 3.8) is 0 Å². The van der Waals surface area contributed by atoms with Crippen molar-refractivity contribution in [2.45, 2.75) is 6.54 Å². The minimum absolute atomic E-state index is 0.0130. The van der Waals surface area contributed by atoms with Gasteiger partial charge in [0.1, 0.15) is 15.5 Å². The van der Waals surface area contributed by atoms with Gasteiger partial charge in [-0.15, -0.1) is 11.3 Å². The number of carbonyl (C=O) groups is 1. The van der Waals surface area contributed by atoms with Crippen LogP contribution >= 0.6 is 11.3 Å². The first-order valence-electron chi connectivity index (χ1n) is 6.55. The highest BCUT2D eigenvalue weighted by Gasteiger charge is 2.17. The lowest BCUT2D eigenvalue weighted by Gasteiger charge is -2.08. The van der Waals surface area contributed by atoms with Gasteiger partial charge in [0.05, 0.1) is 11.9 Å². The van der Waals surface area contributed by atoms with E-state index in [0.717, 1.165) is 15.9 Å². The smallest absolute Gasteiger partial charge is 0.345 e. The molecular formula is C14H12N4O4S. The van der Waals surface area contributed by atoms with E-state index >= 15 is 0 Å².